The average Bonchev–Trinajstić information content (AvgIpc) is 2.78. The molecule has 1 aromatic heterocycles. The van der Waals surface area contributed by atoms with Crippen molar-refractivity contribution in [3.63, 3.8) is 0 Å². The second-order valence-corrected chi connectivity index (χ2v) is 5.11. The minimum absolute atomic E-state index is 0.211. The highest BCUT2D eigenvalue weighted by Gasteiger charge is 2.37. The predicted molar refractivity (Wildman–Crippen MR) is 75.9 cm³/mol. The highest BCUT2D eigenvalue weighted by molar-refractivity contribution is 7.71. The van der Waals surface area contributed by atoms with Crippen molar-refractivity contribution in [2.75, 3.05) is 0 Å². The smallest absolute Gasteiger partial charge is 0.250 e. The van der Waals surface area contributed by atoms with Crippen LogP contribution in [0.3, 0.4) is 0 Å². The number of hydrogen-bond acceptors (Lipinski definition) is 3. The van der Waals surface area contributed by atoms with Crippen molar-refractivity contribution in [3.8, 4) is 0 Å². The summed E-state index contributed by atoms with van der Waals surface area (Å²) in [6, 6.07) is 7.39. The molecule has 0 amide bonds. The van der Waals surface area contributed by atoms with Crippen LogP contribution in [-0.2, 0) is 6.18 Å². The van der Waals surface area contributed by atoms with Crippen molar-refractivity contribution >= 4 is 18.4 Å². The zero-order chi connectivity index (χ0) is 15.6. The van der Waals surface area contributed by atoms with Crippen molar-refractivity contribution in [1.29, 1.82) is 0 Å². The van der Waals surface area contributed by atoms with Gasteiger partial charge in [0.1, 0.15) is 0 Å². The Bertz CT molecular complexity index is 695. The number of benzene rings is 1. The van der Waals surface area contributed by atoms with Crippen LogP contribution in [0.1, 0.15) is 36.7 Å². The maximum Gasteiger partial charge on any atom is 0.453 e. The molecule has 0 aliphatic carbocycles. The minimum atomic E-state index is -4.62. The maximum absolute atomic E-state index is 12.7. The van der Waals surface area contributed by atoms with Gasteiger partial charge in [-0.15, -0.1) is 5.10 Å². The normalized spacial score (nSPS) is 12.5. The zero-order valence-electron chi connectivity index (χ0n) is 11.3. The van der Waals surface area contributed by atoms with Gasteiger partial charge < -0.3 is 0 Å². The number of aromatic nitrogens is 3. The summed E-state index contributed by atoms with van der Waals surface area (Å²) in [4.78, 5) is 0. The van der Waals surface area contributed by atoms with Crippen molar-refractivity contribution in [3.05, 3.63) is 46.0 Å². The summed E-state index contributed by atoms with van der Waals surface area (Å²) in [6.07, 6.45) is -3.31. The molecule has 8 heteroatoms. The van der Waals surface area contributed by atoms with Gasteiger partial charge in [-0.2, -0.15) is 22.9 Å². The summed E-state index contributed by atoms with van der Waals surface area (Å²) in [5.41, 5.74) is 1.82. The number of nitrogens with one attached hydrogen (secondary N) is 1. The maximum atomic E-state index is 12.7. The van der Waals surface area contributed by atoms with Gasteiger partial charge in [0.15, 0.2) is 0 Å². The molecule has 1 aromatic carbocycles. The van der Waals surface area contributed by atoms with Crippen LogP contribution in [0.2, 0.25) is 0 Å². The first kappa shape index (κ1) is 15.4. The van der Waals surface area contributed by atoms with Crippen LogP contribution in [0.25, 0.3) is 0 Å². The van der Waals surface area contributed by atoms with Gasteiger partial charge in [0.2, 0.25) is 4.77 Å². The molecule has 0 fully saturated rings. The molecular formula is C13H13F3N4S. The third kappa shape index (κ3) is 3.57. The molecule has 0 saturated carbocycles. The Morgan fingerprint density at radius 2 is 1.90 bits per heavy atom. The topological polar surface area (TPSA) is 46.0 Å². The standard InChI is InChI=1S/C13H13F3N4S/c1-8(2)10-5-3-9(4-6-10)7-17-20-11(13(14,15)16)18-19-12(20)21/h3-8H,1-2H3,(H,19,21)/b17-7+. The number of H-pyrrole nitrogens is 1. The van der Waals surface area contributed by atoms with E-state index in [2.05, 4.69) is 29.1 Å². The summed E-state index contributed by atoms with van der Waals surface area (Å²) >= 11 is 4.74. The summed E-state index contributed by atoms with van der Waals surface area (Å²) in [7, 11) is 0. The molecule has 0 saturated heterocycles. The Morgan fingerprint density at radius 3 is 2.43 bits per heavy atom. The summed E-state index contributed by atoms with van der Waals surface area (Å²) in [5.74, 6) is -0.794. The van der Waals surface area contributed by atoms with Gasteiger partial charge in [0.25, 0.3) is 5.82 Å². The number of aromatic amines is 1. The van der Waals surface area contributed by atoms with E-state index in [1.807, 2.05) is 12.1 Å². The van der Waals surface area contributed by atoms with Gasteiger partial charge in [-0.3, -0.25) is 0 Å². The Morgan fingerprint density at radius 1 is 1.29 bits per heavy atom. The van der Waals surface area contributed by atoms with Crippen LogP contribution in [0.15, 0.2) is 29.4 Å². The SMILES string of the molecule is CC(C)c1ccc(/C=N/n2c(C(F)(F)F)n[nH]c2=S)cc1. The minimum Gasteiger partial charge on any atom is -0.250 e. The Labute approximate surface area is 124 Å². The lowest BCUT2D eigenvalue weighted by molar-refractivity contribution is -0.147. The van der Waals surface area contributed by atoms with Crippen LogP contribution >= 0.6 is 12.2 Å². The number of rotatable bonds is 3. The van der Waals surface area contributed by atoms with E-state index in [1.165, 1.54) is 6.21 Å². The second kappa shape index (κ2) is 5.80. The summed E-state index contributed by atoms with van der Waals surface area (Å²) in [6.45, 7) is 4.12. The number of nitrogens with zero attached hydrogens (tertiary/aromatic N) is 3. The van der Waals surface area contributed by atoms with E-state index in [0.29, 0.717) is 16.2 Å². The summed E-state index contributed by atoms with van der Waals surface area (Å²) < 4.78 is 38.5. The van der Waals surface area contributed by atoms with E-state index in [9.17, 15) is 13.2 Å². The lowest BCUT2D eigenvalue weighted by atomic mass is 10.0. The van der Waals surface area contributed by atoms with Crippen LogP contribution < -0.4 is 0 Å². The van der Waals surface area contributed by atoms with Crippen LogP contribution in [0, 0.1) is 4.77 Å². The molecule has 1 N–H and O–H groups in total. The zero-order valence-corrected chi connectivity index (χ0v) is 12.2. The van der Waals surface area contributed by atoms with Crippen LogP contribution in [0.5, 0.6) is 0 Å². The largest absolute Gasteiger partial charge is 0.453 e. The third-order valence-electron chi connectivity index (χ3n) is 2.83. The molecule has 2 rings (SSSR count). The fourth-order valence-corrected chi connectivity index (χ4v) is 1.85. The second-order valence-electron chi connectivity index (χ2n) is 4.73. The Hall–Kier alpha value is -1.96. The molecule has 0 bridgehead atoms. The van der Waals surface area contributed by atoms with E-state index in [4.69, 9.17) is 12.2 Å². The van der Waals surface area contributed by atoms with Crippen molar-refractivity contribution in [1.82, 2.24) is 14.9 Å². The monoisotopic (exact) mass is 314 g/mol. The van der Waals surface area contributed by atoms with Gasteiger partial charge in [-0.25, -0.2) is 5.10 Å². The lowest BCUT2D eigenvalue weighted by Gasteiger charge is -2.05. The van der Waals surface area contributed by atoms with Crippen LogP contribution in [-0.4, -0.2) is 21.1 Å². The molecule has 0 radical (unpaired) electrons. The van der Waals surface area contributed by atoms with Gasteiger partial charge in [0, 0.05) is 0 Å². The molecule has 0 aliphatic heterocycles. The summed E-state index contributed by atoms with van der Waals surface area (Å²) in [5, 5.41) is 8.98. The van der Waals surface area contributed by atoms with Crippen molar-refractivity contribution < 1.29 is 13.2 Å². The van der Waals surface area contributed by atoms with Crippen molar-refractivity contribution in [2.45, 2.75) is 25.9 Å². The molecule has 2 aromatic rings. The Balaban J connectivity index is 2.30. The quantitative estimate of drug-likeness (QED) is 0.688. The predicted octanol–water partition coefficient (Wildman–Crippen LogP) is 3.97. The number of alkyl halides is 3. The van der Waals surface area contributed by atoms with E-state index in [-0.39, 0.29) is 4.77 Å². The van der Waals surface area contributed by atoms with E-state index < -0.39 is 12.0 Å². The number of hydrogen-bond donors (Lipinski definition) is 1. The molecule has 0 atom stereocenters. The van der Waals surface area contributed by atoms with Gasteiger partial charge in [-0.05, 0) is 29.3 Å². The molecule has 1 heterocycles. The molecule has 0 aliphatic rings. The van der Waals surface area contributed by atoms with Crippen LogP contribution in [0.4, 0.5) is 13.2 Å². The van der Waals surface area contributed by atoms with E-state index >= 15 is 0 Å². The van der Waals surface area contributed by atoms with Gasteiger partial charge in [-0.1, -0.05) is 38.1 Å². The van der Waals surface area contributed by atoms with E-state index in [0.717, 1.165) is 5.56 Å². The first-order valence-electron chi connectivity index (χ1n) is 6.18. The Kier molecular flexibility index (Phi) is 4.26. The highest BCUT2D eigenvalue weighted by Crippen LogP contribution is 2.27. The average molecular weight is 314 g/mol. The first-order valence-corrected chi connectivity index (χ1v) is 6.59. The fraction of sp³-hybridized carbons (Fsp3) is 0.308. The molecule has 0 unspecified atom stereocenters. The van der Waals surface area contributed by atoms with E-state index in [1.54, 1.807) is 12.1 Å². The fourth-order valence-electron chi connectivity index (χ4n) is 1.67. The first-order chi connectivity index (χ1) is 9.79. The highest BCUT2D eigenvalue weighted by atomic mass is 32.1. The van der Waals surface area contributed by atoms with Gasteiger partial charge >= 0.3 is 6.18 Å². The van der Waals surface area contributed by atoms with Crippen molar-refractivity contribution in [2.24, 2.45) is 5.10 Å². The molecular weight excluding hydrogens is 301 g/mol. The number of halogens is 3. The molecule has 112 valence electrons. The molecule has 0 spiro atoms. The molecule has 21 heavy (non-hydrogen) atoms. The van der Waals surface area contributed by atoms with Gasteiger partial charge in [0.05, 0.1) is 6.21 Å². The lowest BCUT2D eigenvalue weighted by Crippen LogP contribution is -2.12. The molecule has 4 nitrogen and oxygen atoms in total. The third-order valence-corrected chi connectivity index (χ3v) is 3.09.